The van der Waals surface area contributed by atoms with Crippen LogP contribution in [0.1, 0.15) is 47.4 Å². The van der Waals surface area contributed by atoms with Crippen molar-refractivity contribution in [1.29, 1.82) is 0 Å². The lowest BCUT2D eigenvalue weighted by atomic mass is 9.87. The van der Waals surface area contributed by atoms with E-state index in [1.807, 2.05) is 0 Å². The van der Waals surface area contributed by atoms with Crippen molar-refractivity contribution < 1.29 is 26.7 Å². The Balaban J connectivity index is 1.89. The van der Waals surface area contributed by atoms with Crippen LogP contribution in [0.25, 0.3) is 0 Å². The van der Waals surface area contributed by atoms with Gasteiger partial charge in [0.15, 0.2) is 5.69 Å². The zero-order valence-corrected chi connectivity index (χ0v) is 16.9. The van der Waals surface area contributed by atoms with Crippen molar-refractivity contribution in [3.05, 3.63) is 41.2 Å². The van der Waals surface area contributed by atoms with Crippen LogP contribution in [-0.2, 0) is 12.7 Å². The molecule has 11 heteroatoms. The molecule has 0 aliphatic heterocycles. The molecule has 3 N–H and O–H groups in total. The van der Waals surface area contributed by atoms with Gasteiger partial charge in [-0.1, -0.05) is 6.07 Å². The summed E-state index contributed by atoms with van der Waals surface area (Å²) in [4.78, 5) is 13.5. The summed E-state index contributed by atoms with van der Waals surface area (Å²) in [5.74, 6) is -3.79. The van der Waals surface area contributed by atoms with Crippen LogP contribution in [0, 0.1) is 12.8 Å². The van der Waals surface area contributed by atoms with E-state index < -0.39 is 23.7 Å². The largest absolute Gasteiger partial charge is 0.435 e. The molecule has 0 bridgehead atoms. The molecule has 0 radical (unpaired) electrons. The molecule has 2 aromatic rings. The number of aromatic nitrogens is 2. The summed E-state index contributed by atoms with van der Waals surface area (Å²) in [5, 5.41) is 11.7. The standard InChI is InChI=1S/C19H21F5N4OS/c1-11-15(17(29)26-13-3-2-4-14(9-13)30-25)28(27-16(11)19(22,23)24)10-12-5-7-18(20,21)8-6-12/h2-4,9,12H,5-8,10,25H2,1H3,(H,26,29). The Labute approximate surface area is 174 Å². The highest BCUT2D eigenvalue weighted by Gasteiger charge is 2.40. The second-order valence-corrected chi connectivity index (χ2v) is 8.11. The Kier molecular flexibility index (Phi) is 6.42. The van der Waals surface area contributed by atoms with E-state index in [9.17, 15) is 26.7 Å². The molecular formula is C19H21F5N4OS. The number of nitrogens with one attached hydrogen (secondary N) is 1. The first-order chi connectivity index (χ1) is 14.0. The second-order valence-electron chi connectivity index (χ2n) is 7.40. The molecular weight excluding hydrogens is 427 g/mol. The van der Waals surface area contributed by atoms with E-state index in [4.69, 9.17) is 5.14 Å². The van der Waals surface area contributed by atoms with Gasteiger partial charge in [-0.25, -0.2) is 8.78 Å². The number of anilines is 1. The lowest BCUT2D eigenvalue weighted by Crippen LogP contribution is -2.28. The Morgan fingerprint density at radius 3 is 2.60 bits per heavy atom. The average Bonchev–Trinajstić information content (AvgIpc) is 3.00. The normalized spacial score (nSPS) is 17.2. The molecule has 1 aliphatic carbocycles. The molecule has 1 aromatic heterocycles. The van der Waals surface area contributed by atoms with Gasteiger partial charge in [-0.2, -0.15) is 18.3 Å². The molecule has 1 fully saturated rings. The third-order valence-electron chi connectivity index (χ3n) is 5.17. The van der Waals surface area contributed by atoms with E-state index >= 15 is 0 Å². The fourth-order valence-electron chi connectivity index (χ4n) is 3.60. The minimum absolute atomic E-state index is 0.0333. The minimum Gasteiger partial charge on any atom is -0.321 e. The molecule has 5 nitrogen and oxygen atoms in total. The van der Waals surface area contributed by atoms with E-state index in [1.54, 1.807) is 24.3 Å². The van der Waals surface area contributed by atoms with Crippen molar-refractivity contribution in [3.63, 3.8) is 0 Å². The molecule has 1 aliphatic rings. The van der Waals surface area contributed by atoms with Gasteiger partial charge in [0.25, 0.3) is 5.91 Å². The highest BCUT2D eigenvalue weighted by molar-refractivity contribution is 7.97. The molecule has 0 saturated heterocycles. The number of hydrogen-bond acceptors (Lipinski definition) is 4. The van der Waals surface area contributed by atoms with Gasteiger partial charge in [0.1, 0.15) is 5.69 Å². The highest BCUT2D eigenvalue weighted by atomic mass is 32.2. The summed E-state index contributed by atoms with van der Waals surface area (Å²) in [7, 11) is 0. The third-order valence-corrected chi connectivity index (χ3v) is 5.69. The monoisotopic (exact) mass is 448 g/mol. The highest BCUT2D eigenvalue weighted by Crippen LogP contribution is 2.38. The van der Waals surface area contributed by atoms with Crippen LogP contribution in [0.4, 0.5) is 27.6 Å². The molecule has 1 aromatic carbocycles. The van der Waals surface area contributed by atoms with Gasteiger partial charge in [-0.05, 0) is 55.8 Å². The number of alkyl halides is 5. The predicted octanol–water partition coefficient (Wildman–Crippen LogP) is 5.25. The molecule has 1 saturated carbocycles. The van der Waals surface area contributed by atoms with Crippen molar-refractivity contribution in [2.45, 2.75) is 56.1 Å². The fourth-order valence-corrected chi connectivity index (χ4v) is 3.96. The van der Waals surface area contributed by atoms with Crippen LogP contribution in [0.3, 0.4) is 0 Å². The summed E-state index contributed by atoms with van der Waals surface area (Å²) in [5.41, 5.74) is -1.32. The number of benzene rings is 1. The number of carbonyl (C=O) groups is 1. The van der Waals surface area contributed by atoms with Crippen molar-refractivity contribution in [3.8, 4) is 0 Å². The summed E-state index contributed by atoms with van der Waals surface area (Å²) in [6, 6.07) is 6.54. The number of rotatable bonds is 5. The average molecular weight is 448 g/mol. The second kappa shape index (κ2) is 8.54. The molecule has 164 valence electrons. The molecule has 1 heterocycles. The van der Waals surface area contributed by atoms with Crippen molar-refractivity contribution in [2.75, 3.05) is 5.32 Å². The van der Waals surface area contributed by atoms with E-state index in [2.05, 4.69) is 10.4 Å². The molecule has 1 amide bonds. The van der Waals surface area contributed by atoms with Gasteiger partial charge >= 0.3 is 6.18 Å². The maximum absolute atomic E-state index is 13.4. The number of hydrogen-bond donors (Lipinski definition) is 2. The SMILES string of the molecule is Cc1c(C(F)(F)F)nn(CC2CCC(F)(F)CC2)c1C(=O)Nc1cccc(SN)c1. The van der Waals surface area contributed by atoms with Crippen LogP contribution in [0.5, 0.6) is 0 Å². The van der Waals surface area contributed by atoms with Gasteiger partial charge in [0.05, 0.1) is 0 Å². The Morgan fingerprint density at radius 2 is 2.00 bits per heavy atom. The Bertz CT molecular complexity index is 918. The molecule has 30 heavy (non-hydrogen) atoms. The molecule has 0 atom stereocenters. The van der Waals surface area contributed by atoms with Crippen LogP contribution in [0.15, 0.2) is 29.2 Å². The summed E-state index contributed by atoms with van der Waals surface area (Å²) in [6.45, 7) is 1.15. The zero-order valence-electron chi connectivity index (χ0n) is 16.1. The quantitative estimate of drug-likeness (QED) is 0.484. The first kappa shape index (κ1) is 22.5. The smallest absolute Gasteiger partial charge is 0.321 e. The van der Waals surface area contributed by atoms with Gasteiger partial charge in [0, 0.05) is 35.5 Å². The molecule has 0 unspecified atom stereocenters. The summed E-state index contributed by atoms with van der Waals surface area (Å²) in [6.07, 6.45) is -5.07. The Morgan fingerprint density at radius 1 is 1.33 bits per heavy atom. The molecule has 0 spiro atoms. The van der Waals surface area contributed by atoms with Crippen LogP contribution < -0.4 is 10.5 Å². The van der Waals surface area contributed by atoms with E-state index in [0.29, 0.717) is 10.6 Å². The topological polar surface area (TPSA) is 72.9 Å². The van der Waals surface area contributed by atoms with Crippen LogP contribution in [0.2, 0.25) is 0 Å². The number of amides is 1. The van der Waals surface area contributed by atoms with E-state index in [0.717, 1.165) is 16.6 Å². The van der Waals surface area contributed by atoms with Crippen molar-refractivity contribution >= 4 is 23.5 Å². The van der Waals surface area contributed by atoms with E-state index in [1.165, 1.54) is 6.92 Å². The number of halogens is 5. The van der Waals surface area contributed by atoms with Gasteiger partial charge in [0.2, 0.25) is 5.92 Å². The van der Waals surface area contributed by atoms with Crippen LogP contribution >= 0.6 is 11.9 Å². The Hall–Kier alpha value is -2.14. The summed E-state index contributed by atoms with van der Waals surface area (Å²) >= 11 is 0.964. The maximum atomic E-state index is 13.4. The maximum Gasteiger partial charge on any atom is 0.435 e. The number of nitrogens with zero attached hydrogens (tertiary/aromatic N) is 2. The first-order valence-corrected chi connectivity index (χ1v) is 10.2. The first-order valence-electron chi connectivity index (χ1n) is 9.31. The predicted molar refractivity (Wildman–Crippen MR) is 103 cm³/mol. The van der Waals surface area contributed by atoms with Gasteiger partial charge < -0.3 is 5.32 Å². The van der Waals surface area contributed by atoms with Crippen LogP contribution in [-0.4, -0.2) is 21.6 Å². The lowest BCUT2D eigenvalue weighted by molar-refractivity contribution is -0.142. The zero-order chi connectivity index (χ0) is 22.1. The van der Waals surface area contributed by atoms with Crippen molar-refractivity contribution in [2.24, 2.45) is 11.1 Å². The minimum atomic E-state index is -4.74. The van der Waals surface area contributed by atoms with Gasteiger partial charge in [-0.3, -0.25) is 14.6 Å². The molecule has 3 rings (SSSR count). The fraction of sp³-hybridized carbons (Fsp3) is 0.474. The third kappa shape index (κ3) is 5.12. The van der Waals surface area contributed by atoms with E-state index in [-0.39, 0.29) is 49.4 Å². The van der Waals surface area contributed by atoms with Crippen molar-refractivity contribution in [1.82, 2.24) is 9.78 Å². The van der Waals surface area contributed by atoms with Gasteiger partial charge in [-0.15, -0.1) is 0 Å². The number of carbonyl (C=O) groups excluding carboxylic acids is 1. The lowest BCUT2D eigenvalue weighted by Gasteiger charge is -2.28. The summed E-state index contributed by atoms with van der Waals surface area (Å²) < 4.78 is 68.0. The number of nitrogens with two attached hydrogens (primary N) is 1.